The Hall–Kier alpha value is -2.78. The fraction of sp³-hybridized carbons (Fsp3) is 0.440. The van der Waals surface area contributed by atoms with E-state index < -0.39 is 17.3 Å². The van der Waals surface area contributed by atoms with E-state index in [1.807, 2.05) is 12.1 Å². The molecule has 1 atom stereocenters. The van der Waals surface area contributed by atoms with Crippen LogP contribution in [-0.2, 0) is 19.9 Å². The Labute approximate surface area is 192 Å². The van der Waals surface area contributed by atoms with Gasteiger partial charge in [-0.25, -0.2) is 0 Å². The highest BCUT2D eigenvalue weighted by Gasteiger charge is 2.51. The Morgan fingerprint density at radius 1 is 1.06 bits per heavy atom. The number of ether oxygens (including phenoxy) is 3. The van der Waals surface area contributed by atoms with Crippen LogP contribution in [0.3, 0.4) is 0 Å². The van der Waals surface area contributed by atoms with Crippen LogP contribution in [-0.4, -0.2) is 67.6 Å². The summed E-state index contributed by atoms with van der Waals surface area (Å²) < 4.78 is 16.7. The molecule has 3 aliphatic rings. The monoisotopic (exact) mass is 452 g/mol. The van der Waals surface area contributed by atoms with Gasteiger partial charge in [-0.1, -0.05) is 18.2 Å². The number of hydrogen-bond acceptors (Lipinski definition) is 7. The van der Waals surface area contributed by atoms with Crippen LogP contribution in [0.15, 0.2) is 48.5 Å². The maximum Gasteiger partial charge on any atom is 0.265 e. The molecule has 0 radical (unpaired) electrons. The van der Waals surface area contributed by atoms with Crippen molar-refractivity contribution in [2.45, 2.75) is 30.7 Å². The van der Waals surface area contributed by atoms with E-state index in [0.717, 1.165) is 25.9 Å². The van der Waals surface area contributed by atoms with E-state index in [4.69, 9.17) is 14.2 Å². The number of ketones is 1. The number of carbonyl (C=O) groups excluding carboxylic acids is 2. The number of benzene rings is 2. The molecule has 2 aromatic carbocycles. The number of methoxy groups -OCH3 is 1. The summed E-state index contributed by atoms with van der Waals surface area (Å²) in [7, 11) is 1.55. The third kappa shape index (κ3) is 3.93. The Morgan fingerprint density at radius 2 is 1.73 bits per heavy atom. The minimum absolute atomic E-state index is 0.305. The van der Waals surface area contributed by atoms with Gasteiger partial charge in [0.05, 0.1) is 39.1 Å². The average Bonchev–Trinajstić information content (AvgIpc) is 3.38. The number of para-hydroxylation sites is 1. The molecule has 2 fully saturated rings. The molecule has 2 aromatic rings. The molecule has 0 saturated carbocycles. The number of amides is 1. The molecule has 8 heteroatoms. The third-order valence-electron chi connectivity index (χ3n) is 6.84. The van der Waals surface area contributed by atoms with E-state index in [-0.39, 0.29) is 12.2 Å². The standard InChI is InChI=1S/C25H28N2O6/c1-31-19-8-6-18(7-9-19)22(28)16-25(30)20-4-2-3-5-21(20)27(23(25)29)17-26-12-10-24(11-13-26)32-14-15-33-24/h2-9,30H,10-17H2,1H3/t25-/m0/s1. The van der Waals surface area contributed by atoms with E-state index >= 15 is 0 Å². The second-order valence-electron chi connectivity index (χ2n) is 8.81. The molecule has 1 spiro atoms. The second-order valence-corrected chi connectivity index (χ2v) is 8.81. The minimum Gasteiger partial charge on any atom is -0.497 e. The fourth-order valence-electron chi connectivity index (χ4n) is 4.95. The lowest BCUT2D eigenvalue weighted by molar-refractivity contribution is -0.185. The fourth-order valence-corrected chi connectivity index (χ4v) is 4.95. The van der Waals surface area contributed by atoms with Gasteiger partial charge >= 0.3 is 0 Å². The van der Waals surface area contributed by atoms with Gasteiger partial charge in [0.15, 0.2) is 17.2 Å². The van der Waals surface area contributed by atoms with Gasteiger partial charge in [-0.05, 0) is 30.3 Å². The van der Waals surface area contributed by atoms with Crippen molar-refractivity contribution in [2.75, 3.05) is 45.0 Å². The second kappa shape index (κ2) is 8.53. The van der Waals surface area contributed by atoms with Crippen LogP contribution in [0.1, 0.15) is 35.2 Å². The van der Waals surface area contributed by atoms with Crippen LogP contribution >= 0.6 is 0 Å². The summed E-state index contributed by atoms with van der Waals surface area (Å²) in [5, 5.41) is 11.5. The summed E-state index contributed by atoms with van der Waals surface area (Å²) in [6.45, 7) is 3.01. The van der Waals surface area contributed by atoms with Crippen molar-refractivity contribution in [1.29, 1.82) is 0 Å². The van der Waals surface area contributed by atoms with E-state index in [2.05, 4.69) is 4.90 Å². The summed E-state index contributed by atoms with van der Waals surface area (Å²) in [6, 6.07) is 13.8. The molecular formula is C25H28N2O6. The smallest absolute Gasteiger partial charge is 0.265 e. The summed E-state index contributed by atoms with van der Waals surface area (Å²) in [4.78, 5) is 30.2. The molecule has 1 amide bonds. The third-order valence-corrected chi connectivity index (χ3v) is 6.84. The van der Waals surface area contributed by atoms with Crippen molar-refractivity contribution in [3.63, 3.8) is 0 Å². The molecule has 0 aliphatic carbocycles. The molecule has 33 heavy (non-hydrogen) atoms. The predicted octanol–water partition coefficient (Wildman–Crippen LogP) is 2.30. The largest absolute Gasteiger partial charge is 0.497 e. The lowest BCUT2D eigenvalue weighted by Crippen LogP contribution is -2.51. The highest BCUT2D eigenvalue weighted by atomic mass is 16.7. The summed E-state index contributed by atoms with van der Waals surface area (Å²) in [6.07, 6.45) is 1.14. The molecule has 3 aliphatic heterocycles. The number of rotatable bonds is 6. The summed E-state index contributed by atoms with van der Waals surface area (Å²) in [5.74, 6) is -0.634. The number of piperidine rings is 1. The van der Waals surface area contributed by atoms with Gasteiger partial charge in [-0.2, -0.15) is 0 Å². The number of nitrogens with zero attached hydrogens (tertiary/aromatic N) is 2. The number of likely N-dealkylation sites (tertiary alicyclic amines) is 1. The van der Waals surface area contributed by atoms with Crippen LogP contribution in [0.2, 0.25) is 0 Å². The molecule has 8 nitrogen and oxygen atoms in total. The van der Waals surface area contributed by atoms with Crippen LogP contribution in [0, 0.1) is 0 Å². The Bertz CT molecular complexity index is 1040. The van der Waals surface area contributed by atoms with Crippen molar-refractivity contribution in [3.8, 4) is 5.75 Å². The van der Waals surface area contributed by atoms with Gasteiger partial charge in [-0.15, -0.1) is 0 Å². The number of hydrogen-bond donors (Lipinski definition) is 1. The summed E-state index contributed by atoms with van der Waals surface area (Å²) in [5.41, 5.74) is -0.373. The van der Waals surface area contributed by atoms with Crippen molar-refractivity contribution in [3.05, 3.63) is 59.7 Å². The Morgan fingerprint density at radius 3 is 2.39 bits per heavy atom. The van der Waals surface area contributed by atoms with Crippen LogP contribution < -0.4 is 9.64 Å². The average molecular weight is 453 g/mol. The number of fused-ring (bicyclic) bond motifs is 1. The SMILES string of the molecule is COc1ccc(C(=O)C[C@@]2(O)C(=O)N(CN3CCC4(CC3)OCCO4)c3ccccc32)cc1. The first-order chi connectivity index (χ1) is 15.9. The zero-order valence-corrected chi connectivity index (χ0v) is 18.7. The lowest BCUT2D eigenvalue weighted by atomic mass is 9.88. The number of Topliss-reactive ketones (excluding diaryl/α,β-unsaturated/α-hetero) is 1. The first-order valence-electron chi connectivity index (χ1n) is 11.3. The first-order valence-corrected chi connectivity index (χ1v) is 11.3. The Balaban J connectivity index is 1.34. The van der Waals surface area contributed by atoms with Gasteiger partial charge in [-0.3, -0.25) is 19.4 Å². The van der Waals surface area contributed by atoms with Gasteiger partial charge in [0.25, 0.3) is 5.91 Å². The maximum absolute atomic E-state index is 13.5. The molecule has 0 aromatic heterocycles. The first kappa shape index (κ1) is 22.0. The predicted molar refractivity (Wildman–Crippen MR) is 120 cm³/mol. The van der Waals surface area contributed by atoms with Crippen molar-refractivity contribution >= 4 is 17.4 Å². The maximum atomic E-state index is 13.5. The number of aliphatic hydroxyl groups is 1. The molecule has 1 N–H and O–H groups in total. The van der Waals surface area contributed by atoms with Crippen molar-refractivity contribution < 1.29 is 28.9 Å². The molecule has 2 saturated heterocycles. The van der Waals surface area contributed by atoms with Crippen LogP contribution in [0.4, 0.5) is 5.69 Å². The highest BCUT2D eigenvalue weighted by Crippen LogP contribution is 2.43. The number of carbonyl (C=O) groups is 2. The van der Waals surface area contributed by atoms with E-state index in [9.17, 15) is 14.7 Å². The quantitative estimate of drug-likeness (QED) is 0.673. The van der Waals surface area contributed by atoms with E-state index in [1.165, 1.54) is 0 Å². The highest BCUT2D eigenvalue weighted by molar-refractivity contribution is 6.10. The van der Waals surface area contributed by atoms with Crippen LogP contribution in [0.25, 0.3) is 0 Å². The minimum atomic E-state index is -1.90. The lowest BCUT2D eigenvalue weighted by Gasteiger charge is -2.39. The molecular weight excluding hydrogens is 424 g/mol. The topological polar surface area (TPSA) is 88.5 Å². The molecule has 174 valence electrons. The van der Waals surface area contributed by atoms with Gasteiger partial charge in [0.1, 0.15) is 5.75 Å². The molecule has 5 rings (SSSR count). The molecule has 3 heterocycles. The zero-order valence-electron chi connectivity index (χ0n) is 18.7. The summed E-state index contributed by atoms with van der Waals surface area (Å²) >= 11 is 0. The van der Waals surface area contributed by atoms with E-state index in [0.29, 0.717) is 42.4 Å². The molecule has 0 bridgehead atoms. The molecule has 0 unspecified atom stereocenters. The van der Waals surface area contributed by atoms with Gasteiger partial charge in [0.2, 0.25) is 0 Å². The number of anilines is 1. The van der Waals surface area contributed by atoms with Gasteiger partial charge < -0.3 is 19.3 Å². The normalized spacial score (nSPS) is 24.3. The van der Waals surface area contributed by atoms with Gasteiger partial charge in [0, 0.05) is 37.1 Å². The van der Waals surface area contributed by atoms with Crippen molar-refractivity contribution in [1.82, 2.24) is 4.90 Å². The van der Waals surface area contributed by atoms with Crippen LogP contribution in [0.5, 0.6) is 5.75 Å². The zero-order chi connectivity index (χ0) is 23.1. The van der Waals surface area contributed by atoms with E-state index in [1.54, 1.807) is 48.4 Å². The Kier molecular flexibility index (Phi) is 5.70. The van der Waals surface area contributed by atoms with Crippen molar-refractivity contribution in [2.24, 2.45) is 0 Å².